The summed E-state index contributed by atoms with van der Waals surface area (Å²) in [5.41, 5.74) is 5.52. The number of nitrogens with one attached hydrogen (secondary N) is 1. The number of hydrogen-bond donors (Lipinski definition) is 2. The second-order valence-electron chi connectivity index (χ2n) is 6.12. The van der Waals surface area contributed by atoms with Crippen molar-refractivity contribution in [2.75, 3.05) is 13.6 Å². The zero-order valence-corrected chi connectivity index (χ0v) is 11.1. The number of nitrogens with two attached hydrogens (primary N) is 1. The highest BCUT2D eigenvalue weighted by molar-refractivity contribution is 5.71. The van der Waals surface area contributed by atoms with Crippen molar-refractivity contribution < 1.29 is 14.4 Å². The highest BCUT2D eigenvalue weighted by Gasteiger charge is 2.48. The molecule has 1 rings (SSSR count). The van der Waals surface area contributed by atoms with E-state index in [1.54, 1.807) is 0 Å². The first-order valence-electron chi connectivity index (χ1n) is 5.93. The minimum absolute atomic E-state index is 0.00440. The number of quaternary nitrogens is 1. The maximum Gasteiger partial charge on any atom is 0.319 e. The molecule has 3 N–H and O–H groups in total. The molecule has 4 heteroatoms. The molecule has 0 unspecified atom stereocenters. The molecule has 0 aromatic carbocycles. The third-order valence-corrected chi connectivity index (χ3v) is 3.97. The molecule has 0 saturated carbocycles. The normalized spacial score (nSPS) is 32.1. The third kappa shape index (κ3) is 2.74. The van der Waals surface area contributed by atoms with E-state index in [9.17, 15) is 4.79 Å². The maximum absolute atomic E-state index is 11.2. The number of carbonyl (C=O) groups is 1. The standard InChI is InChI=1S/C12H24N2O2/c1-11(2)6-9(16-10(15)8-13)7-12(3,4)14(11)5/h9H,6-8,13H2,1-5H3/p+1. The summed E-state index contributed by atoms with van der Waals surface area (Å²) >= 11 is 0. The van der Waals surface area contributed by atoms with E-state index in [0.29, 0.717) is 0 Å². The molecule has 0 aromatic rings. The summed E-state index contributed by atoms with van der Waals surface area (Å²) in [4.78, 5) is 12.7. The quantitative estimate of drug-likeness (QED) is 0.641. The van der Waals surface area contributed by atoms with Gasteiger partial charge in [0, 0.05) is 12.8 Å². The van der Waals surface area contributed by atoms with Crippen LogP contribution >= 0.6 is 0 Å². The molecule has 0 spiro atoms. The van der Waals surface area contributed by atoms with Crippen molar-refractivity contribution in [2.45, 2.75) is 57.7 Å². The van der Waals surface area contributed by atoms with E-state index in [4.69, 9.17) is 10.5 Å². The van der Waals surface area contributed by atoms with Crippen molar-refractivity contribution in [2.24, 2.45) is 5.73 Å². The molecule has 0 radical (unpaired) electrons. The zero-order chi connectivity index (χ0) is 12.6. The number of esters is 1. The summed E-state index contributed by atoms with van der Waals surface area (Å²) in [5, 5.41) is 0. The van der Waals surface area contributed by atoms with Crippen LogP contribution in [0.4, 0.5) is 0 Å². The van der Waals surface area contributed by atoms with Crippen LogP contribution in [0.5, 0.6) is 0 Å². The van der Waals surface area contributed by atoms with Crippen molar-refractivity contribution in [1.29, 1.82) is 0 Å². The zero-order valence-electron chi connectivity index (χ0n) is 11.1. The average Bonchev–Trinajstić information content (AvgIpc) is 2.13. The lowest BCUT2D eigenvalue weighted by atomic mass is 9.79. The smallest absolute Gasteiger partial charge is 0.319 e. The van der Waals surface area contributed by atoms with Gasteiger partial charge in [-0.3, -0.25) is 4.79 Å². The molecule has 16 heavy (non-hydrogen) atoms. The van der Waals surface area contributed by atoms with Gasteiger partial charge in [-0.25, -0.2) is 0 Å². The summed E-state index contributed by atoms with van der Waals surface area (Å²) in [6.07, 6.45) is 1.80. The van der Waals surface area contributed by atoms with E-state index < -0.39 is 0 Å². The summed E-state index contributed by atoms with van der Waals surface area (Å²) in [5.74, 6) is -0.295. The Bertz CT molecular complexity index is 256. The van der Waals surface area contributed by atoms with E-state index in [2.05, 4.69) is 34.7 Å². The second kappa shape index (κ2) is 4.34. The summed E-state index contributed by atoms with van der Waals surface area (Å²) in [7, 11) is 2.21. The molecule has 94 valence electrons. The second-order valence-corrected chi connectivity index (χ2v) is 6.12. The minimum Gasteiger partial charge on any atom is -0.461 e. The number of ether oxygens (including phenoxy) is 1. The molecule has 1 heterocycles. The number of hydrogen-bond acceptors (Lipinski definition) is 3. The van der Waals surface area contributed by atoms with Gasteiger partial charge in [-0.1, -0.05) is 0 Å². The number of rotatable bonds is 2. The third-order valence-electron chi connectivity index (χ3n) is 3.97. The molecule has 0 bridgehead atoms. The van der Waals surface area contributed by atoms with Crippen LogP contribution in [0.25, 0.3) is 0 Å². The molecule has 0 amide bonds. The number of carbonyl (C=O) groups excluding carboxylic acids is 1. The van der Waals surface area contributed by atoms with Crippen LogP contribution in [0.2, 0.25) is 0 Å². The fourth-order valence-corrected chi connectivity index (χ4v) is 2.75. The number of likely N-dealkylation sites (tertiary alicyclic amines) is 1. The van der Waals surface area contributed by atoms with Crippen LogP contribution in [-0.4, -0.2) is 36.7 Å². The van der Waals surface area contributed by atoms with E-state index in [-0.39, 0.29) is 29.7 Å². The molecular formula is C12H25N2O2+. The first kappa shape index (κ1) is 13.5. The Labute approximate surface area is 98.1 Å². The van der Waals surface area contributed by atoms with E-state index in [0.717, 1.165) is 12.8 Å². The molecular weight excluding hydrogens is 204 g/mol. The van der Waals surface area contributed by atoms with Gasteiger partial charge in [0.1, 0.15) is 6.10 Å². The monoisotopic (exact) mass is 229 g/mol. The summed E-state index contributed by atoms with van der Waals surface area (Å²) < 4.78 is 5.38. The van der Waals surface area contributed by atoms with Gasteiger partial charge in [0.05, 0.1) is 24.7 Å². The average molecular weight is 229 g/mol. The van der Waals surface area contributed by atoms with Gasteiger partial charge in [0.15, 0.2) is 0 Å². The van der Waals surface area contributed by atoms with Gasteiger partial charge in [-0.05, 0) is 27.7 Å². The van der Waals surface area contributed by atoms with Crippen LogP contribution in [0.15, 0.2) is 0 Å². The molecule has 1 aliphatic heterocycles. The fraction of sp³-hybridized carbons (Fsp3) is 0.917. The first-order valence-corrected chi connectivity index (χ1v) is 5.93. The highest BCUT2D eigenvalue weighted by Crippen LogP contribution is 2.25. The lowest BCUT2D eigenvalue weighted by molar-refractivity contribution is -0.983. The molecule has 1 fully saturated rings. The van der Waals surface area contributed by atoms with Crippen molar-refractivity contribution in [3.63, 3.8) is 0 Å². The Hall–Kier alpha value is -0.610. The van der Waals surface area contributed by atoms with Crippen molar-refractivity contribution >= 4 is 5.97 Å². The van der Waals surface area contributed by atoms with Crippen molar-refractivity contribution in [3.05, 3.63) is 0 Å². The van der Waals surface area contributed by atoms with Gasteiger partial charge in [-0.15, -0.1) is 0 Å². The van der Waals surface area contributed by atoms with Crippen LogP contribution in [0, 0.1) is 0 Å². The molecule has 0 atom stereocenters. The van der Waals surface area contributed by atoms with Gasteiger partial charge in [0.2, 0.25) is 0 Å². The van der Waals surface area contributed by atoms with E-state index >= 15 is 0 Å². The van der Waals surface area contributed by atoms with Gasteiger partial charge < -0.3 is 15.4 Å². The van der Waals surface area contributed by atoms with Gasteiger partial charge >= 0.3 is 5.97 Å². The van der Waals surface area contributed by atoms with Crippen LogP contribution < -0.4 is 10.6 Å². The van der Waals surface area contributed by atoms with Crippen molar-refractivity contribution in [1.82, 2.24) is 0 Å². The molecule has 0 aromatic heterocycles. The molecule has 1 aliphatic rings. The van der Waals surface area contributed by atoms with Crippen LogP contribution in [-0.2, 0) is 9.53 Å². The fourth-order valence-electron chi connectivity index (χ4n) is 2.75. The summed E-state index contributed by atoms with van der Waals surface area (Å²) in [6.45, 7) is 8.83. The van der Waals surface area contributed by atoms with Crippen molar-refractivity contribution in [3.8, 4) is 0 Å². The van der Waals surface area contributed by atoms with Gasteiger partial charge in [0.25, 0.3) is 0 Å². The van der Waals surface area contributed by atoms with E-state index in [1.165, 1.54) is 4.90 Å². The Balaban J connectivity index is 2.75. The lowest BCUT2D eigenvalue weighted by Crippen LogP contribution is -3.24. The Morgan fingerprint density at radius 1 is 1.31 bits per heavy atom. The predicted molar refractivity (Wildman–Crippen MR) is 63.2 cm³/mol. The minimum atomic E-state index is -0.295. The van der Waals surface area contributed by atoms with Crippen LogP contribution in [0.1, 0.15) is 40.5 Å². The van der Waals surface area contributed by atoms with Gasteiger partial charge in [-0.2, -0.15) is 0 Å². The topological polar surface area (TPSA) is 56.8 Å². The highest BCUT2D eigenvalue weighted by atomic mass is 16.5. The van der Waals surface area contributed by atoms with Crippen LogP contribution in [0.3, 0.4) is 0 Å². The number of piperidine rings is 1. The summed E-state index contributed by atoms with van der Waals surface area (Å²) in [6, 6.07) is 0. The largest absolute Gasteiger partial charge is 0.461 e. The first-order chi connectivity index (χ1) is 7.19. The maximum atomic E-state index is 11.2. The SMILES string of the molecule is C[NH+]1C(C)(C)CC(OC(=O)CN)CC1(C)C. The Morgan fingerprint density at radius 2 is 1.75 bits per heavy atom. The Morgan fingerprint density at radius 3 is 2.12 bits per heavy atom. The Kier molecular flexibility index (Phi) is 3.65. The molecule has 4 nitrogen and oxygen atoms in total. The van der Waals surface area contributed by atoms with E-state index in [1.807, 2.05) is 0 Å². The predicted octanol–water partition coefficient (Wildman–Crippen LogP) is -0.277. The molecule has 1 saturated heterocycles. The lowest BCUT2D eigenvalue weighted by Gasteiger charge is -2.49. The molecule has 0 aliphatic carbocycles.